The first-order valence-electron chi connectivity index (χ1n) is 6.73. The van der Waals surface area contributed by atoms with E-state index in [4.69, 9.17) is 4.74 Å². The molecule has 0 saturated heterocycles. The number of esters is 1. The van der Waals surface area contributed by atoms with E-state index in [-0.39, 0.29) is 11.3 Å². The fraction of sp³-hybridized carbons (Fsp3) is 0.857. The van der Waals surface area contributed by atoms with E-state index in [1.807, 2.05) is 13.8 Å². The van der Waals surface area contributed by atoms with Gasteiger partial charge in [0.15, 0.2) is 6.10 Å². The molecule has 0 aromatic carbocycles. The maximum absolute atomic E-state index is 11.8. The van der Waals surface area contributed by atoms with Gasteiger partial charge in [-0.05, 0) is 38.5 Å². The molecule has 0 unspecified atom stereocenters. The Balaban J connectivity index is 2.74. The normalized spacial score (nSPS) is 23.4. The highest BCUT2D eigenvalue weighted by Gasteiger charge is 2.54. The topological polar surface area (TPSA) is 84.9 Å². The number of hydrogen-bond donors (Lipinski definition) is 2. The maximum atomic E-state index is 11.8. The van der Waals surface area contributed by atoms with Gasteiger partial charge in [0, 0.05) is 0 Å². The van der Waals surface area contributed by atoms with Crippen LogP contribution in [0, 0.1) is 11.3 Å². The van der Waals surface area contributed by atoms with Crippen molar-refractivity contribution in [3.05, 3.63) is 0 Å². The fourth-order valence-corrected chi connectivity index (χ4v) is 2.23. The van der Waals surface area contributed by atoms with Gasteiger partial charge in [-0.15, -0.1) is 0 Å². The summed E-state index contributed by atoms with van der Waals surface area (Å²) < 4.78 is 9.71. The Hall–Kier alpha value is -1.30. The van der Waals surface area contributed by atoms with Crippen LogP contribution < -0.4 is 5.32 Å². The summed E-state index contributed by atoms with van der Waals surface area (Å²) in [4.78, 5) is 23.3. The fourth-order valence-electron chi connectivity index (χ4n) is 2.23. The van der Waals surface area contributed by atoms with Crippen LogP contribution in [0.25, 0.3) is 0 Å². The van der Waals surface area contributed by atoms with E-state index in [0.717, 1.165) is 6.42 Å². The number of ether oxygens (including phenoxy) is 2. The van der Waals surface area contributed by atoms with Gasteiger partial charge in [-0.1, -0.05) is 13.8 Å². The van der Waals surface area contributed by atoms with Crippen LogP contribution in [-0.2, 0) is 14.3 Å². The summed E-state index contributed by atoms with van der Waals surface area (Å²) in [6.45, 7) is 9.29. The minimum atomic E-state index is -1.39. The summed E-state index contributed by atoms with van der Waals surface area (Å²) in [5, 5.41) is 12.6. The summed E-state index contributed by atoms with van der Waals surface area (Å²) in [7, 11) is 1.20. The van der Waals surface area contributed by atoms with Gasteiger partial charge in [0.05, 0.1) is 13.2 Å². The monoisotopic (exact) mass is 287 g/mol. The first-order chi connectivity index (χ1) is 8.98. The number of carbonyl (C=O) groups is 2. The van der Waals surface area contributed by atoms with Gasteiger partial charge in [0.2, 0.25) is 0 Å². The Kier molecular flexibility index (Phi) is 4.69. The van der Waals surface area contributed by atoms with Crippen molar-refractivity contribution in [2.75, 3.05) is 7.11 Å². The predicted octanol–water partition coefficient (Wildman–Crippen LogP) is 1.46. The van der Waals surface area contributed by atoms with Crippen LogP contribution in [0.2, 0.25) is 0 Å². The van der Waals surface area contributed by atoms with E-state index in [2.05, 4.69) is 10.1 Å². The van der Waals surface area contributed by atoms with Crippen molar-refractivity contribution in [3.63, 3.8) is 0 Å². The summed E-state index contributed by atoms with van der Waals surface area (Å²) in [5.74, 6) is -0.738. The molecule has 0 aliphatic heterocycles. The highest BCUT2D eigenvalue weighted by Crippen LogP contribution is 2.54. The van der Waals surface area contributed by atoms with E-state index in [0.29, 0.717) is 0 Å². The second-order valence-electron chi connectivity index (χ2n) is 6.94. The molecule has 1 saturated carbocycles. The van der Waals surface area contributed by atoms with E-state index in [9.17, 15) is 14.7 Å². The highest BCUT2D eigenvalue weighted by molar-refractivity contribution is 5.77. The molecule has 1 aliphatic carbocycles. The van der Waals surface area contributed by atoms with Crippen molar-refractivity contribution in [2.24, 2.45) is 11.3 Å². The van der Waals surface area contributed by atoms with E-state index in [1.54, 1.807) is 20.8 Å². The van der Waals surface area contributed by atoms with Gasteiger partial charge in [-0.3, -0.25) is 0 Å². The number of rotatable bonds is 4. The first kappa shape index (κ1) is 16.8. The number of carbonyl (C=O) groups excluding carboxylic acids is 2. The number of alkyl carbamates (subject to hydrolysis) is 1. The Labute approximate surface area is 119 Å². The molecule has 6 heteroatoms. The highest BCUT2D eigenvalue weighted by atomic mass is 16.6. The molecule has 6 nitrogen and oxygen atoms in total. The van der Waals surface area contributed by atoms with Crippen molar-refractivity contribution in [3.8, 4) is 0 Å². The first-order valence-corrected chi connectivity index (χ1v) is 6.73. The predicted molar refractivity (Wildman–Crippen MR) is 73.1 cm³/mol. The van der Waals surface area contributed by atoms with Crippen LogP contribution in [0.3, 0.4) is 0 Å². The van der Waals surface area contributed by atoms with Gasteiger partial charge in [-0.2, -0.15) is 0 Å². The van der Waals surface area contributed by atoms with Gasteiger partial charge in [0.25, 0.3) is 0 Å². The minimum absolute atomic E-state index is 0.0177. The number of aliphatic hydroxyl groups excluding tert-OH is 1. The molecule has 1 aliphatic rings. The number of aliphatic hydroxyl groups is 1. The lowest BCUT2D eigenvalue weighted by Crippen LogP contribution is -2.50. The molecule has 0 heterocycles. The van der Waals surface area contributed by atoms with Crippen molar-refractivity contribution >= 4 is 12.1 Å². The Morgan fingerprint density at radius 1 is 1.35 bits per heavy atom. The van der Waals surface area contributed by atoms with Crippen molar-refractivity contribution in [1.82, 2.24) is 5.32 Å². The maximum Gasteiger partial charge on any atom is 0.407 e. The zero-order valence-corrected chi connectivity index (χ0v) is 13.0. The van der Waals surface area contributed by atoms with E-state index >= 15 is 0 Å². The number of nitrogens with one attached hydrogen (secondary N) is 1. The lowest BCUT2D eigenvalue weighted by atomic mass is 9.99. The molecular weight excluding hydrogens is 262 g/mol. The summed E-state index contributed by atoms with van der Waals surface area (Å²) >= 11 is 0. The zero-order valence-electron chi connectivity index (χ0n) is 13.0. The standard InChI is InChI=1S/C14H25NO5/c1-13(2,3)20-12(18)15-9(8-7-14(8,4)5)10(16)11(17)19-6/h8-10,16H,7H2,1-6H3,(H,15,18)/t8-,9+,10-/m1/s1. The summed E-state index contributed by atoms with van der Waals surface area (Å²) in [6, 6.07) is -0.702. The second kappa shape index (κ2) is 5.60. The largest absolute Gasteiger partial charge is 0.467 e. The van der Waals surface area contributed by atoms with E-state index < -0.39 is 29.8 Å². The molecule has 1 amide bonds. The molecule has 1 fully saturated rings. The van der Waals surface area contributed by atoms with Crippen LogP contribution in [-0.4, -0.2) is 42.0 Å². The molecule has 116 valence electrons. The average molecular weight is 287 g/mol. The lowest BCUT2D eigenvalue weighted by Gasteiger charge is -2.26. The molecule has 2 N–H and O–H groups in total. The van der Waals surface area contributed by atoms with Crippen molar-refractivity contribution < 1.29 is 24.2 Å². The third-order valence-electron chi connectivity index (χ3n) is 3.49. The van der Waals surface area contributed by atoms with E-state index in [1.165, 1.54) is 7.11 Å². The van der Waals surface area contributed by atoms with Crippen molar-refractivity contribution in [2.45, 2.75) is 58.8 Å². The van der Waals surface area contributed by atoms with Gasteiger partial charge < -0.3 is 19.9 Å². The van der Waals surface area contributed by atoms with Gasteiger partial charge >= 0.3 is 12.1 Å². The second-order valence-corrected chi connectivity index (χ2v) is 6.94. The van der Waals surface area contributed by atoms with Crippen LogP contribution >= 0.6 is 0 Å². The quantitative estimate of drug-likeness (QED) is 0.765. The molecule has 0 radical (unpaired) electrons. The lowest BCUT2D eigenvalue weighted by molar-refractivity contribution is -0.152. The van der Waals surface area contributed by atoms with Gasteiger partial charge in [0.1, 0.15) is 5.60 Å². The van der Waals surface area contributed by atoms with Crippen LogP contribution in [0.4, 0.5) is 4.79 Å². The van der Waals surface area contributed by atoms with Gasteiger partial charge in [-0.25, -0.2) is 9.59 Å². The summed E-state index contributed by atoms with van der Waals surface area (Å²) in [6.07, 6.45) is -1.21. The van der Waals surface area contributed by atoms with Crippen LogP contribution in [0.1, 0.15) is 41.0 Å². The number of amides is 1. The molecule has 0 aromatic rings. The molecule has 0 aromatic heterocycles. The SMILES string of the molecule is COC(=O)[C@H](O)[C@@H](NC(=O)OC(C)(C)C)[C@H]1CC1(C)C. The summed E-state index contributed by atoms with van der Waals surface area (Å²) in [5.41, 5.74) is -0.654. The Morgan fingerprint density at radius 3 is 2.20 bits per heavy atom. The molecule has 1 rings (SSSR count). The molecule has 0 spiro atoms. The molecular formula is C14H25NO5. The van der Waals surface area contributed by atoms with Crippen LogP contribution in [0.15, 0.2) is 0 Å². The average Bonchev–Trinajstić information content (AvgIpc) is 2.90. The molecule has 0 bridgehead atoms. The molecule has 3 atom stereocenters. The molecule has 20 heavy (non-hydrogen) atoms. The van der Waals surface area contributed by atoms with Crippen LogP contribution in [0.5, 0.6) is 0 Å². The minimum Gasteiger partial charge on any atom is -0.467 e. The third kappa shape index (κ3) is 4.37. The number of methoxy groups -OCH3 is 1. The number of hydrogen-bond acceptors (Lipinski definition) is 5. The third-order valence-corrected chi connectivity index (χ3v) is 3.49. The zero-order chi connectivity index (χ0) is 15.7. The Morgan fingerprint density at radius 2 is 1.85 bits per heavy atom. The smallest absolute Gasteiger partial charge is 0.407 e. The Bertz CT molecular complexity index is 386. The van der Waals surface area contributed by atoms with Crippen molar-refractivity contribution in [1.29, 1.82) is 0 Å².